The summed E-state index contributed by atoms with van der Waals surface area (Å²) in [7, 11) is -3.90. The summed E-state index contributed by atoms with van der Waals surface area (Å²) in [6.45, 7) is 0. The lowest BCUT2D eigenvalue weighted by Gasteiger charge is -2.10. The summed E-state index contributed by atoms with van der Waals surface area (Å²) in [5.74, 6) is -0.313. The fraction of sp³-hybridized carbons (Fsp3) is 0. The average Bonchev–Trinajstić information content (AvgIpc) is 3.29. The summed E-state index contributed by atoms with van der Waals surface area (Å²) in [4.78, 5) is 28.4. The number of amides is 1. The number of carbonyl (C=O) groups excluding carboxylic acids is 1. The Hall–Kier alpha value is -3.79. The van der Waals surface area contributed by atoms with Gasteiger partial charge in [0.05, 0.1) is 27.9 Å². The average molecular weight is 398 g/mol. The van der Waals surface area contributed by atoms with Crippen molar-refractivity contribution in [2.45, 2.75) is 4.90 Å². The van der Waals surface area contributed by atoms with E-state index < -0.39 is 21.6 Å². The van der Waals surface area contributed by atoms with Gasteiger partial charge in [0.25, 0.3) is 15.9 Å². The fourth-order valence-corrected chi connectivity index (χ4v) is 3.73. The van der Waals surface area contributed by atoms with Crippen LogP contribution in [-0.4, -0.2) is 24.3 Å². The first-order valence-electron chi connectivity index (χ1n) is 8.10. The number of hydrogen-bond acceptors (Lipinski definition) is 5. The van der Waals surface area contributed by atoms with E-state index in [0.717, 1.165) is 0 Å². The van der Waals surface area contributed by atoms with Crippen molar-refractivity contribution in [1.29, 1.82) is 0 Å². The molecule has 0 unspecified atom stereocenters. The van der Waals surface area contributed by atoms with Gasteiger partial charge in [-0.2, -0.15) is 0 Å². The second kappa shape index (κ2) is 6.74. The molecule has 0 saturated heterocycles. The number of benzene rings is 2. The second-order valence-electron chi connectivity index (χ2n) is 5.90. The Bertz CT molecular complexity index is 1320. The first-order valence-corrected chi connectivity index (χ1v) is 9.59. The van der Waals surface area contributed by atoms with E-state index in [4.69, 9.17) is 4.42 Å². The number of aromatic nitrogens is 2. The fourth-order valence-electron chi connectivity index (χ4n) is 2.65. The van der Waals surface area contributed by atoms with Gasteiger partial charge in [-0.05, 0) is 48.5 Å². The molecule has 0 fully saturated rings. The Kier molecular flexibility index (Phi) is 4.24. The number of carbonyl (C=O) groups is 1. The van der Waals surface area contributed by atoms with Gasteiger partial charge in [0, 0.05) is 5.69 Å². The number of aromatic amines is 2. The lowest BCUT2D eigenvalue weighted by Crippen LogP contribution is -2.14. The van der Waals surface area contributed by atoms with Gasteiger partial charge in [0.2, 0.25) is 0 Å². The Morgan fingerprint density at radius 2 is 1.71 bits per heavy atom. The van der Waals surface area contributed by atoms with Crippen molar-refractivity contribution in [3.63, 3.8) is 0 Å². The van der Waals surface area contributed by atoms with E-state index in [-0.39, 0.29) is 16.3 Å². The molecule has 10 heteroatoms. The van der Waals surface area contributed by atoms with E-state index >= 15 is 0 Å². The number of sulfonamides is 1. The molecule has 0 spiro atoms. The molecule has 1 amide bonds. The second-order valence-corrected chi connectivity index (χ2v) is 7.59. The third-order valence-corrected chi connectivity index (χ3v) is 5.29. The molecule has 0 radical (unpaired) electrons. The molecule has 4 aromatic rings. The standard InChI is InChI=1S/C18H14N4O5S/c23-17(16-5-2-8-27-16)19-11-3-1-4-12(9-11)22-28(25,26)13-6-7-14-15(10-13)21-18(24)20-14/h1-10,22H,(H,19,23)(H2,20,21,24). The lowest BCUT2D eigenvalue weighted by molar-refractivity contribution is 0.0996. The molecule has 142 valence electrons. The number of nitrogens with one attached hydrogen (secondary N) is 4. The monoisotopic (exact) mass is 398 g/mol. The van der Waals surface area contributed by atoms with Crippen LogP contribution < -0.4 is 15.7 Å². The topological polar surface area (TPSA) is 137 Å². The lowest BCUT2D eigenvalue weighted by atomic mass is 10.3. The molecule has 2 aromatic heterocycles. The predicted molar refractivity (Wildman–Crippen MR) is 103 cm³/mol. The van der Waals surface area contributed by atoms with E-state index in [0.29, 0.717) is 16.7 Å². The molecule has 2 heterocycles. The third kappa shape index (κ3) is 3.53. The van der Waals surface area contributed by atoms with Crippen LogP contribution in [-0.2, 0) is 10.0 Å². The van der Waals surface area contributed by atoms with Crippen molar-refractivity contribution in [3.05, 3.63) is 77.1 Å². The molecular weight excluding hydrogens is 384 g/mol. The van der Waals surface area contributed by atoms with Gasteiger partial charge in [-0.1, -0.05) is 6.07 Å². The van der Waals surface area contributed by atoms with Gasteiger partial charge >= 0.3 is 5.69 Å². The quantitative estimate of drug-likeness (QED) is 0.409. The summed E-state index contributed by atoms with van der Waals surface area (Å²) >= 11 is 0. The van der Waals surface area contributed by atoms with Crippen molar-refractivity contribution in [3.8, 4) is 0 Å². The van der Waals surface area contributed by atoms with Gasteiger partial charge in [-0.25, -0.2) is 13.2 Å². The molecular formula is C18H14N4O5S. The Morgan fingerprint density at radius 1 is 0.929 bits per heavy atom. The minimum absolute atomic E-state index is 0.0136. The van der Waals surface area contributed by atoms with Crippen molar-refractivity contribution in [2.24, 2.45) is 0 Å². The van der Waals surface area contributed by atoms with Crippen LogP contribution >= 0.6 is 0 Å². The van der Waals surface area contributed by atoms with Gasteiger partial charge < -0.3 is 19.7 Å². The number of anilines is 2. The molecule has 9 nitrogen and oxygen atoms in total. The summed E-state index contributed by atoms with van der Waals surface area (Å²) in [5, 5.41) is 2.63. The first-order chi connectivity index (χ1) is 13.4. The molecule has 0 aliphatic carbocycles. The maximum Gasteiger partial charge on any atom is 0.323 e. The van der Waals surface area contributed by atoms with Crippen LogP contribution in [0.5, 0.6) is 0 Å². The highest BCUT2D eigenvalue weighted by Crippen LogP contribution is 2.21. The van der Waals surface area contributed by atoms with Crippen LogP contribution in [0, 0.1) is 0 Å². The minimum Gasteiger partial charge on any atom is -0.459 e. The smallest absolute Gasteiger partial charge is 0.323 e. The van der Waals surface area contributed by atoms with Crippen molar-refractivity contribution in [1.82, 2.24) is 9.97 Å². The van der Waals surface area contributed by atoms with E-state index in [1.807, 2.05) is 0 Å². The van der Waals surface area contributed by atoms with Gasteiger partial charge in [0.15, 0.2) is 5.76 Å². The normalized spacial score (nSPS) is 11.4. The number of hydrogen-bond donors (Lipinski definition) is 4. The van der Waals surface area contributed by atoms with Gasteiger partial charge in [-0.15, -0.1) is 0 Å². The highest BCUT2D eigenvalue weighted by Gasteiger charge is 2.16. The zero-order valence-electron chi connectivity index (χ0n) is 14.2. The van der Waals surface area contributed by atoms with Crippen LogP contribution in [0.2, 0.25) is 0 Å². The van der Waals surface area contributed by atoms with Gasteiger partial charge in [0.1, 0.15) is 0 Å². The molecule has 4 rings (SSSR count). The number of fused-ring (bicyclic) bond motifs is 1. The summed E-state index contributed by atoms with van der Waals surface area (Å²) in [5.41, 5.74) is 1.13. The highest BCUT2D eigenvalue weighted by atomic mass is 32.2. The predicted octanol–water partition coefficient (Wildman–Crippen LogP) is 2.50. The molecule has 0 saturated carbocycles. The largest absolute Gasteiger partial charge is 0.459 e. The maximum absolute atomic E-state index is 12.7. The number of furan rings is 1. The summed E-state index contributed by atoms with van der Waals surface area (Å²) in [6.07, 6.45) is 1.38. The van der Waals surface area contributed by atoms with Crippen LogP contribution in [0.1, 0.15) is 10.6 Å². The Morgan fingerprint density at radius 3 is 2.50 bits per heavy atom. The van der Waals surface area contributed by atoms with Crippen molar-refractivity contribution < 1.29 is 17.6 Å². The first kappa shape index (κ1) is 17.6. The maximum atomic E-state index is 12.7. The molecule has 4 N–H and O–H groups in total. The Labute approximate surface area is 158 Å². The molecule has 2 aromatic carbocycles. The van der Waals surface area contributed by atoms with E-state index in [2.05, 4.69) is 20.0 Å². The third-order valence-electron chi connectivity index (χ3n) is 3.92. The van der Waals surface area contributed by atoms with E-state index in [1.54, 1.807) is 24.3 Å². The van der Waals surface area contributed by atoms with Crippen LogP contribution in [0.4, 0.5) is 11.4 Å². The highest BCUT2D eigenvalue weighted by molar-refractivity contribution is 7.92. The summed E-state index contributed by atoms with van der Waals surface area (Å²) in [6, 6.07) is 13.6. The van der Waals surface area contributed by atoms with Crippen molar-refractivity contribution in [2.75, 3.05) is 10.0 Å². The zero-order chi connectivity index (χ0) is 19.7. The van der Waals surface area contributed by atoms with E-state index in [9.17, 15) is 18.0 Å². The molecule has 0 bridgehead atoms. The molecule has 0 aliphatic heterocycles. The molecule has 0 atom stereocenters. The number of rotatable bonds is 5. The van der Waals surface area contributed by atoms with Crippen LogP contribution in [0.25, 0.3) is 11.0 Å². The summed E-state index contributed by atoms with van der Waals surface area (Å²) < 4.78 is 32.8. The number of imidazole rings is 1. The van der Waals surface area contributed by atoms with Gasteiger partial charge in [-0.3, -0.25) is 9.52 Å². The molecule has 28 heavy (non-hydrogen) atoms. The SMILES string of the molecule is O=C(Nc1cccc(NS(=O)(=O)c2ccc3[nH]c(=O)[nH]c3c2)c1)c1ccco1. The molecule has 0 aliphatic rings. The van der Waals surface area contributed by atoms with Crippen LogP contribution in [0.3, 0.4) is 0 Å². The Balaban J connectivity index is 1.57. The minimum atomic E-state index is -3.90. The van der Waals surface area contributed by atoms with Crippen LogP contribution in [0.15, 0.2) is 75.0 Å². The van der Waals surface area contributed by atoms with E-state index in [1.165, 1.54) is 36.6 Å². The zero-order valence-corrected chi connectivity index (χ0v) is 15.0. The van der Waals surface area contributed by atoms with Crippen molar-refractivity contribution >= 4 is 38.3 Å². The number of H-pyrrole nitrogens is 2.